The Morgan fingerprint density at radius 3 is 2.64 bits per heavy atom. The second-order valence-electron chi connectivity index (χ2n) is 3.30. The topological polar surface area (TPSA) is 34.1 Å². The fourth-order valence-corrected chi connectivity index (χ4v) is 1.54. The molecule has 0 saturated carbocycles. The minimum Gasteiger partial charge on any atom is -0.286 e. The molecule has 0 N–H and O–H groups in total. The van der Waals surface area contributed by atoms with E-state index in [9.17, 15) is 9.59 Å². The normalized spacial score (nSPS) is 14.4. The molecule has 1 aliphatic rings. The maximum atomic E-state index is 11.5. The van der Waals surface area contributed by atoms with Crippen LogP contribution in [-0.4, -0.2) is 11.6 Å². The molecule has 1 aromatic rings. The first-order valence-electron chi connectivity index (χ1n) is 4.62. The average molecular weight is 186 g/mol. The molecule has 0 spiro atoms. The number of Topliss-reactive ketones (excluding diaryl/α,β-unsaturated/α-hetero) is 1. The van der Waals surface area contributed by atoms with E-state index in [1.807, 2.05) is 19.1 Å². The monoisotopic (exact) mass is 186 g/mol. The first-order chi connectivity index (χ1) is 6.72. The van der Waals surface area contributed by atoms with Gasteiger partial charge in [0.25, 0.3) is 0 Å². The van der Waals surface area contributed by atoms with E-state index in [0.717, 1.165) is 17.5 Å². The summed E-state index contributed by atoms with van der Waals surface area (Å²) in [6.45, 7) is 2.02. The summed E-state index contributed by atoms with van der Waals surface area (Å²) in [4.78, 5) is 22.6. The minimum absolute atomic E-state index is 0.391. The molecule has 70 valence electrons. The molecule has 0 saturated heterocycles. The largest absolute Gasteiger partial charge is 0.286 e. The van der Waals surface area contributed by atoms with Crippen molar-refractivity contribution in [2.24, 2.45) is 0 Å². The van der Waals surface area contributed by atoms with E-state index in [1.54, 1.807) is 12.1 Å². The van der Waals surface area contributed by atoms with Crippen molar-refractivity contribution in [3.63, 3.8) is 0 Å². The first-order valence-corrected chi connectivity index (χ1v) is 4.62. The van der Waals surface area contributed by atoms with E-state index >= 15 is 0 Å². The van der Waals surface area contributed by atoms with Gasteiger partial charge in [0, 0.05) is 5.56 Å². The van der Waals surface area contributed by atoms with Crippen LogP contribution in [0, 0.1) is 0 Å². The fourth-order valence-electron chi connectivity index (χ4n) is 1.54. The van der Waals surface area contributed by atoms with Crippen molar-refractivity contribution in [2.45, 2.75) is 13.3 Å². The maximum Gasteiger partial charge on any atom is 0.233 e. The molecular formula is C12H10O2. The van der Waals surface area contributed by atoms with Crippen LogP contribution in [0.1, 0.15) is 28.4 Å². The zero-order chi connectivity index (χ0) is 10.1. The lowest BCUT2D eigenvalue weighted by atomic mass is 9.93. The maximum absolute atomic E-state index is 11.5. The summed E-state index contributed by atoms with van der Waals surface area (Å²) in [5.74, 6) is -0.816. The Hall–Kier alpha value is -1.70. The molecule has 0 unspecified atom stereocenters. The molecule has 0 aromatic heterocycles. The Kier molecular flexibility index (Phi) is 2.04. The predicted molar refractivity (Wildman–Crippen MR) is 54.2 cm³/mol. The number of hydrogen-bond donors (Lipinski definition) is 0. The number of aryl methyl sites for hydroxylation is 1. The number of rotatable bonds is 1. The van der Waals surface area contributed by atoms with Gasteiger partial charge >= 0.3 is 0 Å². The van der Waals surface area contributed by atoms with Crippen LogP contribution in [0.25, 0.3) is 6.08 Å². The van der Waals surface area contributed by atoms with Crippen molar-refractivity contribution in [1.29, 1.82) is 0 Å². The van der Waals surface area contributed by atoms with Crippen LogP contribution in [0.3, 0.4) is 0 Å². The highest BCUT2D eigenvalue weighted by Gasteiger charge is 2.20. The summed E-state index contributed by atoms with van der Waals surface area (Å²) in [5, 5.41) is 0. The zero-order valence-corrected chi connectivity index (χ0v) is 7.91. The standard InChI is InChI=1S/C12H10O2/c1-2-8-3-4-9-5-6-11(13)12(14)10(9)7-8/h3-7H,2H2,1H3. The molecule has 1 aromatic carbocycles. The van der Waals surface area contributed by atoms with Crippen molar-refractivity contribution in [2.75, 3.05) is 0 Å². The summed E-state index contributed by atoms with van der Waals surface area (Å²) < 4.78 is 0. The molecule has 14 heavy (non-hydrogen) atoms. The molecule has 0 amide bonds. The molecule has 0 atom stereocenters. The number of benzene rings is 1. The highest BCUT2D eigenvalue weighted by atomic mass is 16.2. The second kappa shape index (κ2) is 3.22. The number of fused-ring (bicyclic) bond motifs is 1. The highest BCUT2D eigenvalue weighted by molar-refractivity contribution is 6.49. The van der Waals surface area contributed by atoms with Crippen molar-refractivity contribution in [3.05, 3.63) is 41.0 Å². The van der Waals surface area contributed by atoms with Gasteiger partial charge in [-0.25, -0.2) is 0 Å². The van der Waals surface area contributed by atoms with E-state index in [2.05, 4.69) is 0 Å². The lowest BCUT2D eigenvalue weighted by molar-refractivity contribution is -0.110. The number of hydrogen-bond acceptors (Lipinski definition) is 2. The van der Waals surface area contributed by atoms with E-state index in [-0.39, 0.29) is 0 Å². The Bertz CT molecular complexity index is 442. The molecule has 0 aliphatic heterocycles. The van der Waals surface area contributed by atoms with Crippen LogP contribution in [-0.2, 0) is 11.2 Å². The van der Waals surface area contributed by atoms with Crippen LogP contribution in [0.2, 0.25) is 0 Å². The lowest BCUT2D eigenvalue weighted by Crippen LogP contribution is -2.16. The molecule has 2 rings (SSSR count). The van der Waals surface area contributed by atoms with Crippen LogP contribution < -0.4 is 0 Å². The van der Waals surface area contributed by atoms with Gasteiger partial charge in [0.15, 0.2) is 0 Å². The third kappa shape index (κ3) is 1.29. The van der Waals surface area contributed by atoms with Gasteiger partial charge in [-0.05, 0) is 29.7 Å². The summed E-state index contributed by atoms with van der Waals surface area (Å²) in [5.41, 5.74) is 2.46. The molecule has 0 radical (unpaired) electrons. The molecule has 1 aliphatic carbocycles. The summed E-state index contributed by atoms with van der Waals surface area (Å²) >= 11 is 0. The van der Waals surface area contributed by atoms with Gasteiger partial charge in [-0.2, -0.15) is 0 Å². The quantitative estimate of drug-likeness (QED) is 0.629. The Morgan fingerprint density at radius 2 is 1.93 bits per heavy atom. The molecule has 2 heteroatoms. The first kappa shape index (κ1) is 8.88. The molecular weight excluding hydrogens is 176 g/mol. The van der Waals surface area contributed by atoms with Crippen molar-refractivity contribution < 1.29 is 9.59 Å². The van der Waals surface area contributed by atoms with Crippen LogP contribution in [0.4, 0.5) is 0 Å². The van der Waals surface area contributed by atoms with Gasteiger partial charge in [0.05, 0.1) is 0 Å². The van der Waals surface area contributed by atoms with E-state index in [4.69, 9.17) is 0 Å². The molecule has 0 bridgehead atoms. The predicted octanol–water partition coefficient (Wildman–Crippen LogP) is 2.03. The highest BCUT2D eigenvalue weighted by Crippen LogP contribution is 2.19. The lowest BCUT2D eigenvalue weighted by Gasteiger charge is -2.09. The van der Waals surface area contributed by atoms with Crippen LogP contribution in [0.5, 0.6) is 0 Å². The van der Waals surface area contributed by atoms with E-state index in [0.29, 0.717) is 5.56 Å². The third-order valence-corrected chi connectivity index (χ3v) is 2.41. The zero-order valence-electron chi connectivity index (χ0n) is 7.91. The number of allylic oxidation sites excluding steroid dienone is 1. The smallest absolute Gasteiger partial charge is 0.233 e. The molecule has 0 fully saturated rings. The van der Waals surface area contributed by atoms with Gasteiger partial charge in [-0.1, -0.05) is 25.1 Å². The average Bonchev–Trinajstić information content (AvgIpc) is 2.23. The SMILES string of the molecule is CCc1ccc2c(c1)C(=O)C(=O)C=C2. The van der Waals surface area contributed by atoms with E-state index in [1.165, 1.54) is 6.08 Å². The van der Waals surface area contributed by atoms with Crippen molar-refractivity contribution >= 4 is 17.6 Å². The Morgan fingerprint density at radius 1 is 1.14 bits per heavy atom. The van der Waals surface area contributed by atoms with Gasteiger partial charge < -0.3 is 0 Å². The minimum atomic E-state index is -0.425. The summed E-state index contributed by atoms with van der Waals surface area (Å²) in [6, 6.07) is 5.67. The van der Waals surface area contributed by atoms with Gasteiger partial charge in [0.1, 0.15) is 0 Å². The van der Waals surface area contributed by atoms with Crippen molar-refractivity contribution in [3.8, 4) is 0 Å². The third-order valence-electron chi connectivity index (χ3n) is 2.41. The van der Waals surface area contributed by atoms with Crippen LogP contribution >= 0.6 is 0 Å². The Balaban J connectivity index is 2.59. The van der Waals surface area contributed by atoms with E-state index < -0.39 is 11.6 Å². The molecule has 0 heterocycles. The summed E-state index contributed by atoms with van der Waals surface area (Å²) in [7, 11) is 0. The van der Waals surface area contributed by atoms with Crippen molar-refractivity contribution in [1.82, 2.24) is 0 Å². The molecule has 2 nitrogen and oxygen atoms in total. The number of ketones is 2. The number of carbonyl (C=O) groups excluding carboxylic acids is 2. The Labute approximate surface area is 82.2 Å². The second-order valence-corrected chi connectivity index (χ2v) is 3.30. The number of carbonyl (C=O) groups is 2. The summed E-state index contributed by atoms with van der Waals surface area (Å²) in [6.07, 6.45) is 3.90. The van der Waals surface area contributed by atoms with Gasteiger partial charge in [-0.3, -0.25) is 9.59 Å². The van der Waals surface area contributed by atoms with Gasteiger partial charge in [-0.15, -0.1) is 0 Å². The fraction of sp³-hybridized carbons (Fsp3) is 0.167. The van der Waals surface area contributed by atoms with Crippen LogP contribution in [0.15, 0.2) is 24.3 Å². The van der Waals surface area contributed by atoms with Gasteiger partial charge in [0.2, 0.25) is 11.6 Å².